The fourth-order valence-corrected chi connectivity index (χ4v) is 1.74. The minimum Gasteiger partial charge on any atom is -0.475 e. The molecule has 4 N–H and O–H groups in total. The highest BCUT2D eigenvalue weighted by molar-refractivity contribution is 6.33. The van der Waals surface area contributed by atoms with Crippen molar-refractivity contribution in [1.82, 2.24) is 0 Å². The third-order valence-corrected chi connectivity index (χ3v) is 2.50. The summed E-state index contributed by atoms with van der Waals surface area (Å²) in [6.07, 6.45) is -0.475. The predicted octanol–water partition coefficient (Wildman–Crippen LogP) is -0.884. The van der Waals surface area contributed by atoms with Crippen LogP contribution < -0.4 is 26.4 Å². The molecule has 1 aromatic rings. The van der Waals surface area contributed by atoms with Crippen molar-refractivity contribution < 1.29 is 18.9 Å². The van der Waals surface area contributed by atoms with Crippen LogP contribution in [0, 0.1) is 0 Å². The van der Waals surface area contributed by atoms with Gasteiger partial charge in [0.1, 0.15) is 21.3 Å². The molecule has 0 bridgehead atoms. The third-order valence-electron chi connectivity index (χ3n) is 2.50. The molecule has 0 atom stereocenters. The number of ether oxygens (including phenoxy) is 4. The van der Waals surface area contributed by atoms with E-state index in [1.807, 2.05) is 0 Å². The van der Waals surface area contributed by atoms with Gasteiger partial charge in [-0.15, -0.1) is 0 Å². The number of rotatable bonds is 5. The largest absolute Gasteiger partial charge is 0.475 e. The topological polar surface area (TPSA) is 89.0 Å². The summed E-state index contributed by atoms with van der Waals surface area (Å²) in [5.74, 6) is 0.911. The molecule has 1 aliphatic heterocycles. The van der Waals surface area contributed by atoms with Crippen LogP contribution in [-0.4, -0.2) is 34.5 Å². The Labute approximate surface area is 107 Å². The van der Waals surface area contributed by atoms with Gasteiger partial charge < -0.3 is 18.9 Å². The Balaban J connectivity index is 2.32. The monoisotopic (exact) mass is 250 g/mol. The Hall–Kier alpha value is -1.28. The first-order chi connectivity index (χ1) is 8.76. The van der Waals surface area contributed by atoms with Gasteiger partial charge in [0.2, 0.25) is 0 Å². The average Bonchev–Trinajstić information content (AvgIpc) is 2.86. The van der Waals surface area contributed by atoms with E-state index >= 15 is 0 Å². The second kappa shape index (κ2) is 6.06. The van der Waals surface area contributed by atoms with Gasteiger partial charge in [-0.25, -0.2) is 0 Å². The van der Waals surface area contributed by atoms with E-state index in [9.17, 15) is 0 Å². The number of hydrogen-bond donors (Lipinski definition) is 2. The Morgan fingerprint density at radius 3 is 2.22 bits per heavy atom. The number of hydrogen-bond acceptors (Lipinski definition) is 6. The van der Waals surface area contributed by atoms with Crippen LogP contribution in [0.3, 0.4) is 0 Å². The quantitative estimate of drug-likeness (QED) is 0.521. The maximum atomic E-state index is 5.93. The summed E-state index contributed by atoms with van der Waals surface area (Å²) in [6, 6.07) is 3.32. The zero-order valence-corrected chi connectivity index (χ0v) is 9.93. The minimum atomic E-state index is -0.475. The lowest BCUT2D eigenvalue weighted by Gasteiger charge is -2.17. The molecule has 1 aliphatic rings. The van der Waals surface area contributed by atoms with Gasteiger partial charge in [-0.05, 0) is 12.1 Å². The predicted molar refractivity (Wildman–Crippen MR) is 65.8 cm³/mol. The molecule has 0 amide bonds. The Morgan fingerprint density at radius 2 is 1.67 bits per heavy atom. The maximum absolute atomic E-state index is 5.93. The first-order valence-corrected chi connectivity index (χ1v) is 5.58. The molecule has 1 aromatic carbocycles. The van der Waals surface area contributed by atoms with Gasteiger partial charge >= 0.3 is 0 Å². The Morgan fingerprint density at radius 1 is 1.11 bits per heavy atom. The molecule has 1 fully saturated rings. The molecule has 6 nitrogen and oxygen atoms in total. The molecule has 1 saturated heterocycles. The van der Waals surface area contributed by atoms with E-state index in [1.54, 1.807) is 12.1 Å². The fraction of sp³-hybridized carbons (Fsp3) is 0.455. The molecular weight excluding hydrogens is 235 g/mol. The first kappa shape index (κ1) is 13.2. The van der Waals surface area contributed by atoms with Crippen molar-refractivity contribution in [3.63, 3.8) is 0 Å². The average molecular weight is 250 g/mol. The second-order valence-corrected chi connectivity index (χ2v) is 3.62. The van der Waals surface area contributed by atoms with E-state index in [1.165, 1.54) is 0 Å². The second-order valence-electron chi connectivity index (χ2n) is 3.62. The van der Waals surface area contributed by atoms with E-state index in [2.05, 4.69) is 0 Å². The number of nitrogens with two attached hydrogens (primary N) is 2. The van der Waals surface area contributed by atoms with Gasteiger partial charge in [0.25, 0.3) is 0 Å². The van der Waals surface area contributed by atoms with Crippen LogP contribution in [0.5, 0.6) is 11.5 Å². The summed E-state index contributed by atoms with van der Waals surface area (Å²) in [5, 5.41) is 0. The molecule has 7 heteroatoms. The van der Waals surface area contributed by atoms with Crippen LogP contribution in [-0.2, 0) is 9.47 Å². The summed E-state index contributed by atoms with van der Waals surface area (Å²) in [5.41, 5.74) is 11.9. The van der Waals surface area contributed by atoms with Gasteiger partial charge in [0, 0.05) is 5.56 Å². The first-order valence-electron chi connectivity index (χ1n) is 5.58. The van der Waals surface area contributed by atoms with E-state index in [4.69, 9.17) is 38.3 Å². The summed E-state index contributed by atoms with van der Waals surface area (Å²) < 4.78 is 21.3. The van der Waals surface area contributed by atoms with Crippen LogP contribution in [0.2, 0.25) is 0 Å². The molecule has 2 radical (unpaired) electrons. The highest BCUT2D eigenvalue weighted by Gasteiger charge is 2.22. The summed E-state index contributed by atoms with van der Waals surface area (Å²) in [4.78, 5) is 0. The van der Waals surface area contributed by atoms with Gasteiger partial charge in [-0.3, -0.25) is 11.5 Å². The van der Waals surface area contributed by atoms with Crippen molar-refractivity contribution >= 4 is 13.3 Å². The van der Waals surface area contributed by atoms with Gasteiger partial charge in [-0.1, -0.05) is 5.46 Å². The van der Waals surface area contributed by atoms with Crippen molar-refractivity contribution in [1.29, 1.82) is 0 Å². The molecule has 96 valence electrons. The van der Waals surface area contributed by atoms with Crippen LogP contribution in [0.4, 0.5) is 0 Å². The maximum Gasteiger partial charge on any atom is 0.183 e. The van der Waals surface area contributed by atoms with Crippen molar-refractivity contribution in [3.8, 4) is 11.5 Å². The standard InChI is InChI=1S/C11H15BN2O4/c12-8-4-10(18-6-14)9(17-5-13)3-7(8)11-15-1-2-16-11/h3-4,11H,1-2,5-6,13-14H2. The Bertz CT molecular complexity index is 410. The lowest BCUT2D eigenvalue weighted by Crippen LogP contribution is -2.19. The normalized spacial score (nSPS) is 15.9. The molecule has 0 aliphatic carbocycles. The van der Waals surface area contributed by atoms with Crippen LogP contribution >= 0.6 is 0 Å². The van der Waals surface area contributed by atoms with E-state index in [0.29, 0.717) is 35.7 Å². The van der Waals surface area contributed by atoms with Crippen LogP contribution in [0.25, 0.3) is 0 Å². The zero-order valence-electron chi connectivity index (χ0n) is 9.93. The lowest BCUT2D eigenvalue weighted by molar-refractivity contribution is -0.0435. The summed E-state index contributed by atoms with van der Waals surface area (Å²) in [7, 11) is 5.93. The van der Waals surface area contributed by atoms with E-state index < -0.39 is 6.29 Å². The zero-order chi connectivity index (χ0) is 13.0. The van der Waals surface area contributed by atoms with E-state index in [-0.39, 0.29) is 13.5 Å². The van der Waals surface area contributed by atoms with Gasteiger partial charge in [0.15, 0.2) is 17.8 Å². The highest BCUT2D eigenvalue weighted by Crippen LogP contribution is 2.31. The third kappa shape index (κ3) is 2.76. The molecular formula is C11H15BN2O4. The molecule has 0 aromatic heterocycles. The summed E-state index contributed by atoms with van der Waals surface area (Å²) >= 11 is 0. The van der Waals surface area contributed by atoms with Crippen molar-refractivity contribution in [2.45, 2.75) is 6.29 Å². The molecule has 0 unspecified atom stereocenters. The molecule has 1 heterocycles. The van der Waals surface area contributed by atoms with Crippen LogP contribution in [0.15, 0.2) is 12.1 Å². The fourth-order valence-electron chi connectivity index (χ4n) is 1.74. The SMILES string of the molecule is [B]c1cc(OCN)c(OCN)cc1C1OCCO1. The molecule has 0 spiro atoms. The van der Waals surface area contributed by atoms with Crippen molar-refractivity contribution in [2.24, 2.45) is 11.5 Å². The molecule has 0 saturated carbocycles. The molecule has 2 rings (SSSR count). The smallest absolute Gasteiger partial charge is 0.183 e. The summed E-state index contributed by atoms with van der Waals surface area (Å²) in [6.45, 7) is 1.13. The van der Waals surface area contributed by atoms with Gasteiger partial charge in [-0.2, -0.15) is 0 Å². The molecule has 18 heavy (non-hydrogen) atoms. The lowest BCUT2D eigenvalue weighted by atomic mass is 9.89. The van der Waals surface area contributed by atoms with Crippen molar-refractivity contribution in [2.75, 3.05) is 26.7 Å². The van der Waals surface area contributed by atoms with E-state index in [0.717, 1.165) is 0 Å². The van der Waals surface area contributed by atoms with Crippen molar-refractivity contribution in [3.05, 3.63) is 17.7 Å². The highest BCUT2D eigenvalue weighted by atomic mass is 16.7. The minimum absolute atomic E-state index is 0.0240. The van der Waals surface area contributed by atoms with Gasteiger partial charge in [0.05, 0.1) is 13.2 Å². The number of benzene rings is 1. The van der Waals surface area contributed by atoms with Crippen LogP contribution in [0.1, 0.15) is 11.9 Å². The Kier molecular flexibility index (Phi) is 4.43.